The second kappa shape index (κ2) is 10.9. The first kappa shape index (κ1) is 27.4. The number of methoxy groups -OCH3 is 2. The number of nitrogens with one attached hydrogen (secondary N) is 2. The van der Waals surface area contributed by atoms with E-state index in [2.05, 4.69) is 33.2 Å². The molecule has 2 aliphatic heterocycles. The van der Waals surface area contributed by atoms with Crippen molar-refractivity contribution < 1.29 is 38.4 Å². The average molecular weight is 688 g/mol. The molecule has 3 aliphatic rings. The van der Waals surface area contributed by atoms with Gasteiger partial charge in [-0.05, 0) is 87.9 Å². The summed E-state index contributed by atoms with van der Waals surface area (Å²) in [6.07, 6.45) is 0. The molecule has 3 aromatic rings. The van der Waals surface area contributed by atoms with E-state index in [1.807, 2.05) is 24.3 Å². The molecule has 0 aromatic heterocycles. The van der Waals surface area contributed by atoms with Crippen LogP contribution in [0.15, 0.2) is 48.5 Å². The summed E-state index contributed by atoms with van der Waals surface area (Å²) >= 11 is 7.69. The van der Waals surface area contributed by atoms with Crippen molar-refractivity contribution in [3.05, 3.63) is 74.4 Å². The van der Waals surface area contributed by atoms with Crippen molar-refractivity contribution in [1.82, 2.24) is 10.6 Å². The molecule has 1 amide bonds. The zero-order valence-corrected chi connectivity index (χ0v) is 24.9. The normalized spacial score (nSPS) is 21.8. The van der Waals surface area contributed by atoms with E-state index in [1.54, 1.807) is 24.3 Å². The Balaban J connectivity index is 1.43. The fourth-order valence-corrected chi connectivity index (χ4v) is 6.69. The van der Waals surface area contributed by atoms with Gasteiger partial charge in [-0.15, -0.1) is 0 Å². The zero-order valence-electron chi connectivity index (χ0n) is 21.9. The molecule has 1 fully saturated rings. The first-order chi connectivity index (χ1) is 19.8. The van der Waals surface area contributed by atoms with Gasteiger partial charge in [-0.2, -0.15) is 0 Å². The number of carbonyl (C=O) groups excluding carboxylic acids is 2. The van der Waals surface area contributed by atoms with Crippen LogP contribution >= 0.6 is 34.8 Å². The number of phenols is 1. The molecular weight excluding hydrogens is 663 g/mol. The quantitative estimate of drug-likeness (QED) is 0.206. The summed E-state index contributed by atoms with van der Waals surface area (Å²) in [4.78, 5) is 26.3. The fraction of sp³-hybridized carbons (Fsp3) is 0.276. The molecule has 3 N–H and O–H groups in total. The topological polar surface area (TPSA) is 125 Å². The Morgan fingerprint density at radius 3 is 2.34 bits per heavy atom. The number of halogens is 1. The van der Waals surface area contributed by atoms with Crippen LogP contribution in [0.25, 0.3) is 0 Å². The van der Waals surface area contributed by atoms with Crippen LogP contribution in [0, 0.1) is 15.4 Å². The fourth-order valence-electron chi connectivity index (χ4n) is 5.83. The van der Waals surface area contributed by atoms with Gasteiger partial charge in [-0.25, -0.2) is 0 Å². The molecule has 0 spiro atoms. The number of fused-ring (bicyclic) bond motifs is 3. The molecule has 3 aromatic carbocycles. The summed E-state index contributed by atoms with van der Waals surface area (Å²) in [6.45, 7) is 0.214. The third kappa shape index (κ3) is 4.78. The van der Waals surface area contributed by atoms with E-state index in [0.717, 1.165) is 14.7 Å². The molecule has 2 heterocycles. The summed E-state index contributed by atoms with van der Waals surface area (Å²) in [5.41, 5.74) is 2.79. The van der Waals surface area contributed by atoms with Crippen LogP contribution in [0.5, 0.6) is 28.7 Å². The largest absolute Gasteiger partial charge is 0.502 e. The summed E-state index contributed by atoms with van der Waals surface area (Å²) < 4.78 is 28.6. The lowest BCUT2D eigenvalue weighted by atomic mass is 9.65. The Hall–Kier alpha value is -3.78. The molecule has 10 nitrogen and oxygen atoms in total. The first-order valence-electron chi connectivity index (χ1n) is 12.7. The lowest BCUT2D eigenvalue weighted by molar-refractivity contribution is -0.141. The van der Waals surface area contributed by atoms with Gasteiger partial charge in [-0.3, -0.25) is 14.9 Å². The molecule has 0 unspecified atom stereocenters. The number of cyclic esters (lactones) is 1. The number of thiocarbonyl (C=S) groups is 1. The van der Waals surface area contributed by atoms with Crippen molar-refractivity contribution in [2.24, 2.45) is 11.8 Å². The van der Waals surface area contributed by atoms with Gasteiger partial charge in [0.15, 0.2) is 28.1 Å². The van der Waals surface area contributed by atoms with Crippen molar-refractivity contribution in [2.75, 3.05) is 27.6 Å². The Bertz CT molecular complexity index is 1560. The number of esters is 1. The van der Waals surface area contributed by atoms with E-state index in [9.17, 15) is 14.7 Å². The zero-order chi connectivity index (χ0) is 28.8. The van der Waals surface area contributed by atoms with Crippen LogP contribution in [0.2, 0.25) is 0 Å². The standard InChI is InChI=1S/C29H25IN2O8S/c1-36-21-7-13(8-22(37-2)26(21)33)23-15-9-19-20(40-12-39-19)10-16(15)25(17-11-38-28(35)24(17)23)31-29(41)32-27(34)14-5-3-4-6-18(14)30/h3-10,17,23-25,33H,11-12H2,1-2H3,(H2,31,32,34,41)/t17-,23+,24-,25+/m0/s1. The number of ether oxygens (including phenoxy) is 5. The van der Waals surface area contributed by atoms with Gasteiger partial charge in [0.25, 0.3) is 5.91 Å². The lowest BCUT2D eigenvalue weighted by Gasteiger charge is -2.40. The van der Waals surface area contributed by atoms with Crippen LogP contribution in [0.1, 0.15) is 39.0 Å². The summed E-state index contributed by atoms with van der Waals surface area (Å²) in [5, 5.41) is 16.7. The number of hydrogen-bond donors (Lipinski definition) is 3. The van der Waals surface area contributed by atoms with Gasteiger partial charge in [0, 0.05) is 15.4 Å². The molecule has 1 saturated heterocycles. The average Bonchev–Trinajstić information content (AvgIpc) is 3.58. The minimum Gasteiger partial charge on any atom is -0.502 e. The van der Waals surface area contributed by atoms with Gasteiger partial charge in [0.1, 0.15) is 0 Å². The Morgan fingerprint density at radius 2 is 1.68 bits per heavy atom. The van der Waals surface area contributed by atoms with Crippen molar-refractivity contribution >= 4 is 51.8 Å². The molecular formula is C29H25IN2O8S. The Kier molecular flexibility index (Phi) is 7.28. The number of hydrogen-bond acceptors (Lipinski definition) is 9. The number of amides is 1. The molecule has 41 heavy (non-hydrogen) atoms. The van der Waals surface area contributed by atoms with Crippen molar-refractivity contribution in [3.63, 3.8) is 0 Å². The summed E-state index contributed by atoms with van der Waals surface area (Å²) in [7, 11) is 2.90. The van der Waals surface area contributed by atoms with Gasteiger partial charge in [-0.1, -0.05) is 12.1 Å². The van der Waals surface area contributed by atoms with Gasteiger partial charge in [0.05, 0.1) is 38.3 Å². The second-order valence-corrected chi connectivity index (χ2v) is 11.4. The molecule has 0 saturated carbocycles. The Morgan fingerprint density at radius 1 is 1.02 bits per heavy atom. The molecule has 0 bridgehead atoms. The van der Waals surface area contributed by atoms with Crippen molar-refractivity contribution in [3.8, 4) is 28.7 Å². The number of aromatic hydroxyl groups is 1. The van der Waals surface area contributed by atoms with Gasteiger partial charge >= 0.3 is 5.97 Å². The second-order valence-electron chi connectivity index (χ2n) is 9.79. The number of benzene rings is 3. The highest BCUT2D eigenvalue weighted by atomic mass is 127. The monoisotopic (exact) mass is 688 g/mol. The Labute approximate surface area is 254 Å². The van der Waals surface area contributed by atoms with Crippen LogP contribution in [-0.2, 0) is 9.53 Å². The van der Waals surface area contributed by atoms with Gasteiger partial charge in [0.2, 0.25) is 12.5 Å². The van der Waals surface area contributed by atoms with Gasteiger partial charge < -0.3 is 34.1 Å². The molecule has 1 aliphatic carbocycles. The smallest absolute Gasteiger partial charge is 0.310 e. The number of carbonyl (C=O) groups is 2. The number of rotatable bonds is 5. The number of phenolic OH excluding ortho intramolecular Hbond substituents is 1. The van der Waals surface area contributed by atoms with Crippen molar-refractivity contribution in [1.29, 1.82) is 0 Å². The molecule has 212 valence electrons. The highest BCUT2D eigenvalue weighted by Gasteiger charge is 2.53. The predicted octanol–water partition coefficient (Wildman–Crippen LogP) is 4.02. The van der Waals surface area contributed by atoms with Crippen LogP contribution in [0.4, 0.5) is 0 Å². The molecule has 4 atom stereocenters. The van der Waals surface area contributed by atoms with Crippen LogP contribution < -0.4 is 29.6 Å². The van der Waals surface area contributed by atoms with E-state index in [4.69, 9.17) is 35.9 Å². The first-order valence-corrected chi connectivity index (χ1v) is 14.2. The highest BCUT2D eigenvalue weighted by Crippen LogP contribution is 2.55. The third-order valence-electron chi connectivity index (χ3n) is 7.68. The van der Waals surface area contributed by atoms with Crippen LogP contribution in [0.3, 0.4) is 0 Å². The van der Waals surface area contributed by atoms with Crippen LogP contribution in [-0.4, -0.2) is 49.7 Å². The molecule has 0 radical (unpaired) electrons. The highest BCUT2D eigenvalue weighted by molar-refractivity contribution is 14.1. The van der Waals surface area contributed by atoms with E-state index in [-0.39, 0.29) is 53.6 Å². The maximum absolute atomic E-state index is 13.3. The summed E-state index contributed by atoms with van der Waals surface area (Å²) in [5.74, 6) is -0.771. The summed E-state index contributed by atoms with van der Waals surface area (Å²) in [6, 6.07) is 13.8. The molecule has 12 heteroatoms. The SMILES string of the molecule is COc1cc([C@@H]2c3cc4c(cc3[C@@H](NC(=S)NC(=O)c3ccccc3I)[C@H]3COC(=O)[C@H]23)OCO4)cc(OC)c1O. The maximum atomic E-state index is 13.3. The third-order valence-corrected chi connectivity index (χ3v) is 8.84. The van der Waals surface area contributed by atoms with E-state index in [0.29, 0.717) is 22.6 Å². The molecule has 6 rings (SSSR count). The maximum Gasteiger partial charge on any atom is 0.310 e. The lowest BCUT2D eigenvalue weighted by Crippen LogP contribution is -2.47. The van der Waals surface area contributed by atoms with Crippen molar-refractivity contribution in [2.45, 2.75) is 12.0 Å². The minimum atomic E-state index is -0.618. The minimum absolute atomic E-state index is 0.0704. The predicted molar refractivity (Wildman–Crippen MR) is 159 cm³/mol. The van der Waals surface area contributed by atoms with E-state index >= 15 is 0 Å². The van der Waals surface area contributed by atoms with E-state index < -0.39 is 17.9 Å². The van der Waals surface area contributed by atoms with E-state index in [1.165, 1.54) is 14.2 Å².